The molecule has 2 aromatic rings. The summed E-state index contributed by atoms with van der Waals surface area (Å²) in [6, 6.07) is 6.07. The number of aromatic nitrogens is 1. The Morgan fingerprint density at radius 2 is 2.29 bits per heavy atom. The van der Waals surface area contributed by atoms with Crippen LogP contribution in [0.4, 0.5) is 5.69 Å². The summed E-state index contributed by atoms with van der Waals surface area (Å²) in [7, 11) is 1.68. The van der Waals surface area contributed by atoms with Gasteiger partial charge < -0.3 is 15.4 Å². The van der Waals surface area contributed by atoms with E-state index in [1.54, 1.807) is 7.11 Å². The molecule has 0 radical (unpaired) electrons. The molecule has 1 fully saturated rings. The molecule has 1 amide bonds. The Kier molecular flexibility index (Phi) is 4.88. The SMILES string of the molecule is COc1cccc2c(N3CCC[C@H](CCC(N)=O)C3)c(C)cnc12. The van der Waals surface area contributed by atoms with Gasteiger partial charge in [-0.1, -0.05) is 12.1 Å². The number of primary amides is 1. The minimum absolute atomic E-state index is 0.206. The number of amides is 1. The van der Waals surface area contributed by atoms with Gasteiger partial charge >= 0.3 is 0 Å². The molecule has 5 nitrogen and oxygen atoms in total. The fraction of sp³-hybridized carbons (Fsp3) is 0.474. The number of ether oxygens (including phenoxy) is 1. The number of nitrogens with zero attached hydrogens (tertiary/aromatic N) is 2. The van der Waals surface area contributed by atoms with Crippen LogP contribution in [0.1, 0.15) is 31.2 Å². The van der Waals surface area contributed by atoms with Gasteiger partial charge in [-0.3, -0.25) is 9.78 Å². The first-order chi connectivity index (χ1) is 11.6. The maximum atomic E-state index is 11.1. The van der Waals surface area contributed by atoms with Crippen molar-refractivity contribution in [3.63, 3.8) is 0 Å². The molecule has 0 saturated carbocycles. The molecule has 3 rings (SSSR count). The van der Waals surface area contributed by atoms with Crippen molar-refractivity contribution in [1.82, 2.24) is 4.98 Å². The summed E-state index contributed by atoms with van der Waals surface area (Å²) in [5.74, 6) is 1.11. The van der Waals surface area contributed by atoms with E-state index in [-0.39, 0.29) is 5.91 Å². The van der Waals surface area contributed by atoms with Crippen LogP contribution < -0.4 is 15.4 Å². The minimum Gasteiger partial charge on any atom is -0.494 e. The standard InChI is InChI=1S/C19H25N3O2/c1-13-11-21-18-15(6-3-7-16(18)24-2)19(13)22-10-4-5-14(12-22)8-9-17(20)23/h3,6-7,11,14H,4-5,8-10,12H2,1-2H3,(H2,20,23)/t14-/m1/s1. The van der Waals surface area contributed by atoms with E-state index in [4.69, 9.17) is 10.5 Å². The highest BCUT2D eigenvalue weighted by molar-refractivity contribution is 5.96. The second-order valence-corrected chi connectivity index (χ2v) is 6.61. The number of piperidine rings is 1. The molecule has 0 spiro atoms. The molecule has 1 atom stereocenters. The molecule has 1 aromatic heterocycles. The third-order valence-corrected chi connectivity index (χ3v) is 4.87. The van der Waals surface area contributed by atoms with Crippen molar-refractivity contribution in [3.05, 3.63) is 30.0 Å². The maximum Gasteiger partial charge on any atom is 0.217 e. The van der Waals surface area contributed by atoms with E-state index < -0.39 is 0 Å². The number of rotatable bonds is 5. The highest BCUT2D eigenvalue weighted by atomic mass is 16.5. The van der Waals surface area contributed by atoms with Crippen LogP contribution >= 0.6 is 0 Å². The van der Waals surface area contributed by atoms with E-state index in [1.807, 2.05) is 18.3 Å². The molecular weight excluding hydrogens is 302 g/mol. The molecule has 24 heavy (non-hydrogen) atoms. The van der Waals surface area contributed by atoms with Gasteiger partial charge in [-0.05, 0) is 43.7 Å². The van der Waals surface area contributed by atoms with Gasteiger partial charge in [0.1, 0.15) is 11.3 Å². The maximum absolute atomic E-state index is 11.1. The van der Waals surface area contributed by atoms with Crippen LogP contribution in [0.3, 0.4) is 0 Å². The molecule has 5 heteroatoms. The van der Waals surface area contributed by atoms with Crippen LogP contribution in [0.5, 0.6) is 5.75 Å². The number of carbonyl (C=O) groups excluding carboxylic acids is 1. The third kappa shape index (κ3) is 3.30. The number of methoxy groups -OCH3 is 1. The zero-order valence-corrected chi connectivity index (χ0v) is 14.4. The summed E-state index contributed by atoms with van der Waals surface area (Å²) in [5, 5.41) is 1.13. The number of carbonyl (C=O) groups is 1. The summed E-state index contributed by atoms with van der Waals surface area (Å²) in [5.41, 5.74) is 8.62. The van der Waals surface area contributed by atoms with Gasteiger partial charge in [0.15, 0.2) is 0 Å². The summed E-state index contributed by atoms with van der Waals surface area (Å²) in [6.07, 6.45) is 5.57. The number of para-hydroxylation sites is 1. The quantitative estimate of drug-likeness (QED) is 0.916. The normalized spacial score (nSPS) is 17.9. The first-order valence-electron chi connectivity index (χ1n) is 8.55. The molecule has 1 aliphatic heterocycles. The lowest BCUT2D eigenvalue weighted by atomic mass is 9.92. The number of anilines is 1. The first-order valence-corrected chi connectivity index (χ1v) is 8.55. The van der Waals surface area contributed by atoms with Gasteiger partial charge in [0, 0.05) is 31.1 Å². The predicted octanol–water partition coefficient (Wildman–Crippen LogP) is 3.03. The highest BCUT2D eigenvalue weighted by Crippen LogP contribution is 2.36. The van der Waals surface area contributed by atoms with Crippen molar-refractivity contribution in [1.29, 1.82) is 0 Å². The Labute approximate surface area is 142 Å². The second-order valence-electron chi connectivity index (χ2n) is 6.61. The van der Waals surface area contributed by atoms with Gasteiger partial charge in [-0.15, -0.1) is 0 Å². The van der Waals surface area contributed by atoms with Crippen molar-refractivity contribution in [2.45, 2.75) is 32.6 Å². The Morgan fingerprint density at radius 3 is 3.04 bits per heavy atom. The van der Waals surface area contributed by atoms with Crippen molar-refractivity contribution in [3.8, 4) is 5.75 Å². The van der Waals surface area contributed by atoms with E-state index in [1.165, 1.54) is 11.3 Å². The zero-order chi connectivity index (χ0) is 17.1. The lowest BCUT2D eigenvalue weighted by Crippen LogP contribution is -2.36. The number of fused-ring (bicyclic) bond motifs is 1. The van der Waals surface area contributed by atoms with E-state index in [0.717, 1.165) is 49.0 Å². The zero-order valence-electron chi connectivity index (χ0n) is 14.4. The number of aryl methyl sites for hydroxylation is 1. The van der Waals surface area contributed by atoms with Gasteiger partial charge in [0.25, 0.3) is 0 Å². The summed E-state index contributed by atoms with van der Waals surface area (Å²) >= 11 is 0. The number of nitrogens with two attached hydrogens (primary N) is 1. The minimum atomic E-state index is -0.206. The number of hydrogen-bond donors (Lipinski definition) is 1. The van der Waals surface area contributed by atoms with Crippen LogP contribution in [-0.2, 0) is 4.79 Å². The molecule has 1 aromatic carbocycles. The number of hydrogen-bond acceptors (Lipinski definition) is 4. The fourth-order valence-corrected chi connectivity index (χ4v) is 3.72. The Hall–Kier alpha value is -2.30. The van der Waals surface area contributed by atoms with Crippen molar-refractivity contribution < 1.29 is 9.53 Å². The summed E-state index contributed by atoms with van der Waals surface area (Å²) < 4.78 is 5.46. The average Bonchev–Trinajstić information content (AvgIpc) is 2.59. The van der Waals surface area contributed by atoms with Gasteiger partial charge in [-0.2, -0.15) is 0 Å². The topological polar surface area (TPSA) is 68.5 Å². The first kappa shape index (κ1) is 16.6. The molecule has 128 valence electrons. The van der Waals surface area contributed by atoms with Crippen LogP contribution in [-0.4, -0.2) is 31.1 Å². The fourth-order valence-electron chi connectivity index (χ4n) is 3.72. The summed E-state index contributed by atoms with van der Waals surface area (Å²) in [6.45, 7) is 4.10. The van der Waals surface area contributed by atoms with Crippen molar-refractivity contribution in [2.75, 3.05) is 25.1 Å². The van der Waals surface area contributed by atoms with Crippen LogP contribution in [0.2, 0.25) is 0 Å². The van der Waals surface area contributed by atoms with Crippen LogP contribution in [0, 0.1) is 12.8 Å². The van der Waals surface area contributed by atoms with Crippen LogP contribution in [0.25, 0.3) is 10.9 Å². The second kappa shape index (κ2) is 7.07. The molecule has 2 N–H and O–H groups in total. The molecule has 1 aliphatic rings. The monoisotopic (exact) mass is 327 g/mol. The smallest absolute Gasteiger partial charge is 0.217 e. The van der Waals surface area contributed by atoms with E-state index in [0.29, 0.717) is 12.3 Å². The van der Waals surface area contributed by atoms with E-state index in [9.17, 15) is 4.79 Å². The molecule has 0 bridgehead atoms. The largest absolute Gasteiger partial charge is 0.494 e. The number of benzene rings is 1. The van der Waals surface area contributed by atoms with E-state index in [2.05, 4.69) is 22.9 Å². The third-order valence-electron chi connectivity index (χ3n) is 4.87. The molecule has 2 heterocycles. The molecule has 0 aliphatic carbocycles. The number of pyridine rings is 1. The van der Waals surface area contributed by atoms with Gasteiger partial charge in [0.2, 0.25) is 5.91 Å². The molecule has 1 saturated heterocycles. The van der Waals surface area contributed by atoms with Gasteiger partial charge in [-0.25, -0.2) is 0 Å². The molecular formula is C19H25N3O2. The average molecular weight is 327 g/mol. The summed E-state index contributed by atoms with van der Waals surface area (Å²) in [4.78, 5) is 18.1. The van der Waals surface area contributed by atoms with E-state index >= 15 is 0 Å². The van der Waals surface area contributed by atoms with Crippen molar-refractivity contribution >= 4 is 22.5 Å². The molecule has 0 unspecified atom stereocenters. The van der Waals surface area contributed by atoms with Crippen LogP contribution in [0.15, 0.2) is 24.4 Å². The Morgan fingerprint density at radius 1 is 1.46 bits per heavy atom. The Balaban J connectivity index is 1.93. The Bertz CT molecular complexity index is 745. The highest BCUT2D eigenvalue weighted by Gasteiger charge is 2.23. The van der Waals surface area contributed by atoms with Crippen molar-refractivity contribution in [2.24, 2.45) is 11.7 Å². The lowest BCUT2D eigenvalue weighted by Gasteiger charge is -2.36. The lowest BCUT2D eigenvalue weighted by molar-refractivity contribution is -0.118. The van der Waals surface area contributed by atoms with Gasteiger partial charge in [0.05, 0.1) is 12.8 Å². The predicted molar refractivity (Wildman–Crippen MR) is 96.4 cm³/mol.